The van der Waals surface area contributed by atoms with E-state index in [0.29, 0.717) is 0 Å². The average Bonchev–Trinajstić information content (AvgIpc) is 2.09. The van der Waals surface area contributed by atoms with E-state index in [9.17, 15) is 22.0 Å². The fourth-order valence-electron chi connectivity index (χ4n) is 1.58. The molecule has 0 amide bonds. The van der Waals surface area contributed by atoms with Crippen LogP contribution in [0.4, 0.5) is 8.78 Å². The lowest BCUT2D eigenvalue weighted by Gasteiger charge is -2.23. The van der Waals surface area contributed by atoms with E-state index in [1.165, 1.54) is 0 Å². The summed E-state index contributed by atoms with van der Waals surface area (Å²) in [5.41, 5.74) is 0. The molecule has 0 aliphatic carbocycles. The highest BCUT2D eigenvalue weighted by atomic mass is 32.2. The summed E-state index contributed by atoms with van der Waals surface area (Å²) >= 11 is 0. The van der Waals surface area contributed by atoms with Gasteiger partial charge in [-0.25, -0.2) is 8.42 Å². The molecule has 1 rings (SSSR count). The normalized spacial score (nSPS) is 23.3. The zero-order chi connectivity index (χ0) is 10.8. The van der Waals surface area contributed by atoms with Crippen LogP contribution in [0, 0.1) is 5.92 Å². The Morgan fingerprint density at radius 2 is 1.79 bits per heavy atom. The molecule has 1 saturated heterocycles. The number of hydrogen-bond donors (Lipinski definition) is 0. The van der Waals surface area contributed by atoms with Crippen LogP contribution in [0.3, 0.4) is 0 Å². The van der Waals surface area contributed by atoms with Crippen molar-refractivity contribution in [2.24, 2.45) is 5.92 Å². The monoisotopic (exact) mass is 226 g/mol. The lowest BCUT2D eigenvalue weighted by atomic mass is 9.95. The molecule has 1 aliphatic heterocycles. The van der Waals surface area contributed by atoms with Crippen molar-refractivity contribution in [3.8, 4) is 0 Å². The van der Waals surface area contributed by atoms with Crippen molar-refractivity contribution in [2.45, 2.75) is 25.2 Å². The van der Waals surface area contributed by atoms with Crippen molar-refractivity contribution < 1.29 is 22.0 Å². The number of halogens is 2. The standard InChI is InChI=1S/C8H12F2O3S/c9-8(10,6-11)5-7-1-3-14(12,13)4-2-7/h6-7H,1-5H2. The minimum absolute atomic E-state index is 0.0351. The Kier molecular flexibility index (Phi) is 3.24. The first-order chi connectivity index (χ1) is 6.35. The van der Waals surface area contributed by atoms with Gasteiger partial charge in [-0.1, -0.05) is 0 Å². The van der Waals surface area contributed by atoms with Crippen molar-refractivity contribution in [2.75, 3.05) is 11.5 Å². The van der Waals surface area contributed by atoms with Gasteiger partial charge in [-0.15, -0.1) is 0 Å². The molecular formula is C8H12F2O3S. The van der Waals surface area contributed by atoms with E-state index in [1.807, 2.05) is 0 Å². The minimum Gasteiger partial charge on any atom is -0.297 e. The molecule has 82 valence electrons. The molecule has 3 nitrogen and oxygen atoms in total. The van der Waals surface area contributed by atoms with Gasteiger partial charge in [-0.2, -0.15) is 8.78 Å². The van der Waals surface area contributed by atoms with Crippen molar-refractivity contribution in [1.82, 2.24) is 0 Å². The van der Waals surface area contributed by atoms with E-state index in [4.69, 9.17) is 0 Å². The van der Waals surface area contributed by atoms with Crippen molar-refractivity contribution >= 4 is 16.1 Å². The molecule has 14 heavy (non-hydrogen) atoms. The second-order valence-corrected chi connectivity index (χ2v) is 5.98. The molecule has 0 aromatic carbocycles. The summed E-state index contributed by atoms with van der Waals surface area (Å²) in [6.07, 6.45) is -0.403. The quantitative estimate of drug-likeness (QED) is 0.675. The van der Waals surface area contributed by atoms with Gasteiger partial charge in [0.15, 0.2) is 6.29 Å². The highest BCUT2D eigenvalue weighted by Gasteiger charge is 2.34. The molecule has 0 aromatic rings. The fourth-order valence-corrected chi connectivity index (χ4v) is 3.16. The number of carbonyl (C=O) groups is 1. The van der Waals surface area contributed by atoms with E-state index in [2.05, 4.69) is 0 Å². The molecule has 0 radical (unpaired) electrons. The van der Waals surface area contributed by atoms with Gasteiger partial charge in [0.2, 0.25) is 0 Å². The van der Waals surface area contributed by atoms with Gasteiger partial charge in [-0.3, -0.25) is 4.79 Å². The summed E-state index contributed by atoms with van der Waals surface area (Å²) in [6.45, 7) is 0. The van der Waals surface area contributed by atoms with Crippen LogP contribution in [0.25, 0.3) is 0 Å². The molecule has 0 aromatic heterocycles. The van der Waals surface area contributed by atoms with E-state index in [0.717, 1.165) is 0 Å². The third-order valence-corrected chi connectivity index (χ3v) is 4.12. The largest absolute Gasteiger partial charge is 0.302 e. The summed E-state index contributed by atoms with van der Waals surface area (Å²) in [5.74, 6) is -3.72. The summed E-state index contributed by atoms with van der Waals surface area (Å²) in [4.78, 5) is 9.96. The van der Waals surface area contributed by atoms with Crippen LogP contribution in [-0.4, -0.2) is 32.1 Å². The molecule has 0 atom stereocenters. The zero-order valence-corrected chi connectivity index (χ0v) is 8.40. The van der Waals surface area contributed by atoms with E-state index >= 15 is 0 Å². The highest BCUT2D eigenvalue weighted by Crippen LogP contribution is 2.29. The van der Waals surface area contributed by atoms with Gasteiger partial charge >= 0.3 is 5.92 Å². The first-order valence-corrected chi connectivity index (χ1v) is 6.21. The number of hydrogen-bond acceptors (Lipinski definition) is 3. The van der Waals surface area contributed by atoms with Crippen LogP contribution in [0.15, 0.2) is 0 Å². The fraction of sp³-hybridized carbons (Fsp3) is 0.875. The third kappa shape index (κ3) is 3.32. The van der Waals surface area contributed by atoms with Gasteiger partial charge in [-0.05, 0) is 18.8 Å². The maximum absolute atomic E-state index is 12.6. The molecule has 0 saturated carbocycles. The van der Waals surface area contributed by atoms with Crippen LogP contribution in [0.5, 0.6) is 0 Å². The second kappa shape index (κ2) is 3.92. The smallest absolute Gasteiger partial charge is 0.297 e. The van der Waals surface area contributed by atoms with Crippen LogP contribution in [-0.2, 0) is 14.6 Å². The Bertz CT molecular complexity index is 297. The van der Waals surface area contributed by atoms with Crippen molar-refractivity contribution in [3.05, 3.63) is 0 Å². The van der Waals surface area contributed by atoms with E-state index in [1.54, 1.807) is 0 Å². The molecular weight excluding hydrogens is 214 g/mol. The van der Waals surface area contributed by atoms with Gasteiger partial charge in [0, 0.05) is 6.42 Å². The van der Waals surface area contributed by atoms with Crippen molar-refractivity contribution in [1.29, 1.82) is 0 Å². The third-order valence-electron chi connectivity index (χ3n) is 2.41. The van der Waals surface area contributed by atoms with E-state index in [-0.39, 0.29) is 36.6 Å². The molecule has 0 bridgehead atoms. The summed E-state index contributed by atoms with van der Waals surface area (Å²) in [6, 6.07) is 0. The predicted molar refractivity (Wildman–Crippen MR) is 47.0 cm³/mol. The van der Waals surface area contributed by atoms with Gasteiger partial charge in [0.05, 0.1) is 11.5 Å². The molecule has 1 aliphatic rings. The maximum atomic E-state index is 12.6. The summed E-state index contributed by atoms with van der Waals surface area (Å²) in [5, 5.41) is 0. The molecule has 0 N–H and O–H groups in total. The number of aldehydes is 1. The Labute approximate surface area is 81.4 Å². The SMILES string of the molecule is O=CC(F)(F)CC1CCS(=O)(=O)CC1. The van der Waals surface area contributed by atoms with Crippen LogP contribution in [0.2, 0.25) is 0 Å². The Morgan fingerprint density at radius 1 is 1.29 bits per heavy atom. The van der Waals surface area contributed by atoms with Crippen LogP contribution >= 0.6 is 0 Å². The van der Waals surface area contributed by atoms with Crippen LogP contribution in [0.1, 0.15) is 19.3 Å². The van der Waals surface area contributed by atoms with Crippen molar-refractivity contribution in [3.63, 3.8) is 0 Å². The molecule has 1 heterocycles. The Morgan fingerprint density at radius 3 is 2.21 bits per heavy atom. The summed E-state index contributed by atoms with van der Waals surface area (Å²) in [7, 11) is -3.01. The number of alkyl halides is 2. The second-order valence-electron chi connectivity index (χ2n) is 3.68. The zero-order valence-electron chi connectivity index (χ0n) is 7.58. The van der Waals surface area contributed by atoms with Gasteiger partial charge in [0.1, 0.15) is 9.84 Å². The first-order valence-electron chi connectivity index (χ1n) is 4.39. The van der Waals surface area contributed by atoms with Gasteiger partial charge < -0.3 is 0 Å². The molecule has 0 unspecified atom stereocenters. The number of carbonyl (C=O) groups excluding carboxylic acids is 1. The van der Waals surface area contributed by atoms with Gasteiger partial charge in [0.25, 0.3) is 0 Å². The highest BCUT2D eigenvalue weighted by molar-refractivity contribution is 7.91. The summed E-state index contributed by atoms with van der Waals surface area (Å²) < 4.78 is 47.2. The maximum Gasteiger partial charge on any atom is 0.302 e. The Balaban J connectivity index is 2.47. The van der Waals surface area contributed by atoms with Crippen LogP contribution < -0.4 is 0 Å². The minimum atomic E-state index is -3.30. The topological polar surface area (TPSA) is 51.2 Å². The molecule has 6 heteroatoms. The average molecular weight is 226 g/mol. The molecule has 1 fully saturated rings. The first kappa shape index (κ1) is 11.6. The lowest BCUT2D eigenvalue weighted by molar-refractivity contribution is -0.131. The molecule has 0 spiro atoms. The number of rotatable bonds is 3. The van der Waals surface area contributed by atoms with E-state index < -0.39 is 22.2 Å². The lowest BCUT2D eigenvalue weighted by Crippen LogP contribution is -2.29. The number of sulfone groups is 1. The Hall–Kier alpha value is -0.520. The predicted octanol–water partition coefficient (Wildman–Crippen LogP) is 1.04.